The van der Waals surface area contributed by atoms with Crippen LogP contribution in [0.2, 0.25) is 0 Å². The molecule has 0 radical (unpaired) electrons. The number of rotatable bonds is 8. The fourth-order valence-electron chi connectivity index (χ4n) is 4.17. The van der Waals surface area contributed by atoms with E-state index in [1.165, 1.54) is 14.2 Å². The lowest BCUT2D eigenvalue weighted by Crippen LogP contribution is -2.39. The lowest BCUT2D eigenvalue weighted by atomic mass is 10.1. The predicted molar refractivity (Wildman–Crippen MR) is 136 cm³/mol. The molecule has 0 saturated heterocycles. The van der Waals surface area contributed by atoms with Gasteiger partial charge in [0.2, 0.25) is 0 Å². The van der Waals surface area contributed by atoms with Crippen molar-refractivity contribution in [2.75, 3.05) is 33.2 Å². The van der Waals surface area contributed by atoms with Crippen molar-refractivity contribution in [2.45, 2.75) is 26.0 Å². The average Bonchev–Trinajstić information content (AvgIpc) is 3.02. The van der Waals surface area contributed by atoms with Crippen LogP contribution in [0.5, 0.6) is 23.0 Å². The molecule has 0 bridgehead atoms. The molecule has 2 amide bonds. The zero-order valence-corrected chi connectivity index (χ0v) is 20.9. The Morgan fingerprint density at radius 2 is 1.72 bits per heavy atom. The zero-order valence-electron chi connectivity index (χ0n) is 20.9. The Balaban J connectivity index is 1.53. The molecule has 3 aromatic rings. The first kappa shape index (κ1) is 24.9. The van der Waals surface area contributed by atoms with Gasteiger partial charge >= 0.3 is 0 Å². The number of hydrogen-bond donors (Lipinski definition) is 1. The Labute approximate surface area is 210 Å². The van der Waals surface area contributed by atoms with Crippen LogP contribution in [0.1, 0.15) is 28.4 Å². The Hall–Kier alpha value is -4.20. The molecule has 0 aliphatic carbocycles. The number of methoxy groups -OCH3 is 3. The van der Waals surface area contributed by atoms with Crippen LogP contribution < -0.4 is 24.3 Å². The fourth-order valence-corrected chi connectivity index (χ4v) is 4.17. The summed E-state index contributed by atoms with van der Waals surface area (Å²) in [5.41, 5.74) is 2.84. The van der Waals surface area contributed by atoms with Gasteiger partial charge in [-0.25, -0.2) is 0 Å². The number of carbonyl (C=O) groups excluding carboxylic acids is 2. The Kier molecular flexibility index (Phi) is 7.63. The molecule has 36 heavy (non-hydrogen) atoms. The third-order valence-electron chi connectivity index (χ3n) is 6.10. The summed E-state index contributed by atoms with van der Waals surface area (Å²) in [6, 6.07) is 18.2. The molecule has 1 heterocycles. The molecule has 8 heteroatoms. The van der Waals surface area contributed by atoms with E-state index in [4.69, 9.17) is 18.9 Å². The number of benzene rings is 3. The highest BCUT2D eigenvalue weighted by molar-refractivity contribution is 6.05. The summed E-state index contributed by atoms with van der Waals surface area (Å²) in [5.74, 6) is 2.07. The van der Waals surface area contributed by atoms with Crippen molar-refractivity contribution in [2.24, 2.45) is 0 Å². The number of ether oxygens (including phenoxy) is 4. The fraction of sp³-hybridized carbons (Fsp3) is 0.286. The quantitative estimate of drug-likeness (QED) is 0.506. The van der Waals surface area contributed by atoms with E-state index in [-0.39, 0.29) is 11.8 Å². The van der Waals surface area contributed by atoms with E-state index in [9.17, 15) is 9.59 Å². The molecule has 8 nitrogen and oxygen atoms in total. The van der Waals surface area contributed by atoms with Gasteiger partial charge in [-0.15, -0.1) is 0 Å². The molecule has 1 aliphatic rings. The highest BCUT2D eigenvalue weighted by Gasteiger charge is 2.28. The molecule has 4 rings (SSSR count). The topological polar surface area (TPSA) is 86.3 Å². The molecule has 0 aromatic heterocycles. The predicted octanol–water partition coefficient (Wildman–Crippen LogP) is 4.32. The van der Waals surface area contributed by atoms with Gasteiger partial charge in [0.25, 0.3) is 11.8 Å². The van der Waals surface area contributed by atoms with E-state index in [0.717, 1.165) is 16.9 Å². The maximum absolute atomic E-state index is 13.0. The second kappa shape index (κ2) is 11.0. The van der Waals surface area contributed by atoms with Crippen molar-refractivity contribution in [3.05, 3.63) is 77.4 Å². The summed E-state index contributed by atoms with van der Waals surface area (Å²) < 4.78 is 21.9. The number of anilines is 1. The number of nitrogens with zero attached hydrogens (tertiary/aromatic N) is 1. The molecular weight excluding hydrogens is 460 g/mol. The smallest absolute Gasteiger partial charge is 0.263 e. The first-order chi connectivity index (χ1) is 17.4. The minimum atomic E-state index is -0.617. The van der Waals surface area contributed by atoms with Crippen molar-refractivity contribution in [3.63, 3.8) is 0 Å². The first-order valence-corrected chi connectivity index (χ1v) is 11.7. The maximum atomic E-state index is 13.0. The van der Waals surface area contributed by atoms with Crippen LogP contribution in [0.4, 0.5) is 5.69 Å². The number of carbonyl (C=O) groups is 2. The monoisotopic (exact) mass is 490 g/mol. The van der Waals surface area contributed by atoms with Crippen LogP contribution in [0.3, 0.4) is 0 Å². The van der Waals surface area contributed by atoms with Gasteiger partial charge in [-0.2, -0.15) is 0 Å². The average molecular weight is 491 g/mol. The largest absolute Gasteiger partial charge is 0.497 e. The van der Waals surface area contributed by atoms with Crippen LogP contribution in [0.25, 0.3) is 0 Å². The van der Waals surface area contributed by atoms with Crippen molar-refractivity contribution < 1.29 is 28.5 Å². The molecular formula is C28H30N2O6. The van der Waals surface area contributed by atoms with E-state index in [0.29, 0.717) is 48.0 Å². The summed E-state index contributed by atoms with van der Waals surface area (Å²) in [6.45, 7) is 2.62. The van der Waals surface area contributed by atoms with Gasteiger partial charge < -0.3 is 29.2 Å². The first-order valence-electron chi connectivity index (χ1n) is 11.7. The van der Waals surface area contributed by atoms with Crippen LogP contribution in [0.15, 0.2) is 60.7 Å². The minimum absolute atomic E-state index is 0.0878. The normalized spacial score (nSPS) is 14.8. The van der Waals surface area contributed by atoms with Crippen molar-refractivity contribution in [1.82, 2.24) is 4.90 Å². The Bertz CT molecular complexity index is 1240. The summed E-state index contributed by atoms with van der Waals surface area (Å²) in [4.78, 5) is 27.8. The van der Waals surface area contributed by atoms with E-state index in [2.05, 4.69) is 5.32 Å². The molecule has 188 valence electrons. The van der Waals surface area contributed by atoms with Gasteiger partial charge in [-0.05, 0) is 55.3 Å². The van der Waals surface area contributed by atoms with Crippen molar-refractivity contribution in [1.29, 1.82) is 0 Å². The number of para-hydroxylation sites is 1. The van der Waals surface area contributed by atoms with Gasteiger partial charge in [0.1, 0.15) is 23.0 Å². The van der Waals surface area contributed by atoms with E-state index in [1.54, 1.807) is 49.3 Å². The minimum Gasteiger partial charge on any atom is -0.497 e. The van der Waals surface area contributed by atoms with E-state index in [1.807, 2.05) is 30.3 Å². The second-order valence-corrected chi connectivity index (χ2v) is 8.46. The molecule has 0 spiro atoms. The number of nitrogens with one attached hydrogen (secondary N) is 1. The molecule has 0 fully saturated rings. The van der Waals surface area contributed by atoms with Gasteiger partial charge in [0, 0.05) is 36.0 Å². The number of amides is 2. The summed E-state index contributed by atoms with van der Waals surface area (Å²) >= 11 is 0. The van der Waals surface area contributed by atoms with Gasteiger partial charge in [-0.1, -0.05) is 18.2 Å². The third kappa shape index (κ3) is 5.54. The van der Waals surface area contributed by atoms with Crippen LogP contribution in [0, 0.1) is 0 Å². The molecule has 1 aliphatic heterocycles. The van der Waals surface area contributed by atoms with Crippen molar-refractivity contribution >= 4 is 17.5 Å². The highest BCUT2D eigenvalue weighted by atomic mass is 16.5. The summed E-state index contributed by atoms with van der Waals surface area (Å²) in [6.07, 6.45) is 0.0277. The van der Waals surface area contributed by atoms with Gasteiger partial charge in [-0.3, -0.25) is 9.59 Å². The Morgan fingerprint density at radius 3 is 2.42 bits per heavy atom. The standard InChI is InChI=1S/C28H30N2O6/c1-18-28(32)30(12-11-19-7-5-6-8-25(19)35-4)17-21-13-22(9-10-26(21)36-18)29-27(31)20-14-23(33-2)16-24(15-20)34-3/h5-10,13-16,18H,11-12,17H2,1-4H3,(H,29,31)/t18-/m1/s1. The van der Waals surface area contributed by atoms with Gasteiger partial charge in [0.05, 0.1) is 21.3 Å². The summed E-state index contributed by atoms with van der Waals surface area (Å²) in [7, 11) is 4.70. The lowest BCUT2D eigenvalue weighted by molar-refractivity contribution is -0.137. The van der Waals surface area contributed by atoms with Crippen LogP contribution >= 0.6 is 0 Å². The van der Waals surface area contributed by atoms with Crippen LogP contribution in [-0.2, 0) is 17.8 Å². The maximum Gasteiger partial charge on any atom is 0.263 e. The van der Waals surface area contributed by atoms with Crippen molar-refractivity contribution in [3.8, 4) is 23.0 Å². The molecule has 0 saturated carbocycles. The van der Waals surface area contributed by atoms with E-state index >= 15 is 0 Å². The highest BCUT2D eigenvalue weighted by Crippen LogP contribution is 2.30. The molecule has 1 N–H and O–H groups in total. The SMILES string of the molecule is COc1cc(OC)cc(C(=O)Nc2ccc3c(c2)CN(CCc2ccccc2OC)C(=O)[C@@H](C)O3)c1. The molecule has 3 aromatic carbocycles. The second-order valence-electron chi connectivity index (χ2n) is 8.46. The van der Waals surface area contributed by atoms with Crippen LogP contribution in [-0.4, -0.2) is 50.7 Å². The number of fused-ring (bicyclic) bond motifs is 1. The zero-order chi connectivity index (χ0) is 25.7. The Morgan fingerprint density at radius 1 is 1.00 bits per heavy atom. The lowest BCUT2D eigenvalue weighted by Gasteiger charge is -2.22. The van der Waals surface area contributed by atoms with Gasteiger partial charge in [0.15, 0.2) is 6.10 Å². The number of hydrogen-bond acceptors (Lipinski definition) is 6. The van der Waals surface area contributed by atoms with E-state index < -0.39 is 6.10 Å². The summed E-state index contributed by atoms with van der Waals surface area (Å²) in [5, 5.41) is 2.92. The molecule has 1 atom stereocenters. The third-order valence-corrected chi connectivity index (χ3v) is 6.10. The molecule has 0 unspecified atom stereocenters.